The van der Waals surface area contributed by atoms with Crippen LogP contribution >= 0.6 is 143 Å². The smallest absolute Gasteiger partial charge is 0.0866 e. The number of halogens is 9. The monoisotopic (exact) mass is 1400 g/mol. The summed E-state index contributed by atoms with van der Waals surface area (Å²) in [5.41, 5.74) is 0. The molecule has 0 heterocycles. The second-order valence-electron chi connectivity index (χ2n) is 16.8. The Kier molecular flexibility index (Phi) is 38.3. The lowest BCUT2D eigenvalue weighted by Crippen LogP contribution is -2.49. The minimum absolute atomic E-state index is 1.17. The topological polar surface area (TPSA) is 0 Å². The fourth-order valence-corrected chi connectivity index (χ4v) is 39.2. The van der Waals surface area contributed by atoms with Crippen molar-refractivity contribution >= 4 is 181 Å². The molecule has 324 valence electrons. The van der Waals surface area contributed by atoms with Gasteiger partial charge < -0.3 is 0 Å². The lowest BCUT2D eigenvalue weighted by atomic mass is 10.4. The van der Waals surface area contributed by atoms with E-state index in [1.807, 2.05) is 5.19 Å². The highest BCUT2D eigenvalue weighted by molar-refractivity contribution is 9.10. The molecule has 55 heavy (non-hydrogen) atoms. The van der Waals surface area contributed by atoms with Gasteiger partial charge in [0, 0.05) is 48.0 Å². The van der Waals surface area contributed by atoms with Gasteiger partial charge in [-0.1, -0.05) is 289 Å². The molecule has 0 fully saturated rings. The molecule has 0 radical (unpaired) electrons. The minimum Gasteiger partial charge on any atom is -0.0928 e. The Balaban J connectivity index is 3.67. The van der Waals surface area contributed by atoms with Gasteiger partial charge in [0.2, 0.25) is 0 Å². The summed E-state index contributed by atoms with van der Waals surface area (Å²) in [4.78, 5) is 0. The number of rotatable bonds is 40. The van der Waals surface area contributed by atoms with E-state index in [1.54, 1.807) is 18.1 Å². The van der Waals surface area contributed by atoms with Crippen molar-refractivity contribution in [3.05, 3.63) is 30.3 Å². The van der Waals surface area contributed by atoms with Gasteiger partial charge in [0.25, 0.3) is 0 Å². The Hall–Kier alpha value is 4.41. The van der Waals surface area contributed by atoms with Crippen molar-refractivity contribution in [2.24, 2.45) is 0 Å². The summed E-state index contributed by atoms with van der Waals surface area (Å²) in [6.45, 7) is 0. The summed E-state index contributed by atoms with van der Waals surface area (Å²) in [6, 6.07) is 35.3. The third kappa shape index (κ3) is 24.3. The predicted octanol–water partition coefficient (Wildman–Crippen LogP) is 18.9. The number of alkyl halides is 9. The van der Waals surface area contributed by atoms with Gasteiger partial charge in [-0.15, -0.1) is 0 Å². The van der Waals surface area contributed by atoms with Gasteiger partial charge in [0.15, 0.2) is 0 Å². The third-order valence-corrected chi connectivity index (χ3v) is 40.5. The lowest BCUT2D eigenvalue weighted by Gasteiger charge is -2.39. The van der Waals surface area contributed by atoms with Crippen molar-refractivity contribution in [1.29, 1.82) is 0 Å². The van der Waals surface area contributed by atoms with E-state index < -0.39 is 32.3 Å². The maximum absolute atomic E-state index is 3.85. The summed E-state index contributed by atoms with van der Waals surface area (Å²) in [5.74, 6) is 0. The Morgan fingerprint density at radius 1 is 0.255 bits per heavy atom. The van der Waals surface area contributed by atoms with Gasteiger partial charge in [0.1, 0.15) is 0 Å². The molecule has 0 aliphatic rings. The first-order chi connectivity index (χ1) is 26.8. The lowest BCUT2D eigenvalue weighted by molar-refractivity contribution is 0.851. The van der Waals surface area contributed by atoms with Crippen LogP contribution in [0.4, 0.5) is 0 Å². The van der Waals surface area contributed by atoms with Gasteiger partial charge in [0.05, 0.1) is 32.3 Å². The fourth-order valence-electron chi connectivity index (χ4n) is 10.2. The average Bonchev–Trinajstić information content (AvgIpc) is 3.22. The first kappa shape index (κ1) is 57.4. The van der Waals surface area contributed by atoms with Crippen LogP contribution in [-0.4, -0.2) is 80.3 Å². The Labute approximate surface area is 421 Å². The van der Waals surface area contributed by atoms with Crippen LogP contribution in [0, 0.1) is 0 Å². The largest absolute Gasteiger partial charge is 0.0928 e. The molecule has 0 amide bonds. The summed E-state index contributed by atoms with van der Waals surface area (Å²) >= 11 is 34.7. The Morgan fingerprint density at radius 2 is 0.455 bits per heavy atom. The van der Waals surface area contributed by atoms with Gasteiger partial charge in [-0.05, 0) is 57.8 Å². The zero-order valence-electron chi connectivity index (χ0n) is 34.2. The second-order valence-corrected chi connectivity index (χ2v) is 43.6. The first-order valence-corrected chi connectivity index (χ1v) is 43.1. The van der Waals surface area contributed by atoms with Crippen LogP contribution in [0.3, 0.4) is 0 Å². The zero-order valence-corrected chi connectivity index (χ0v) is 52.5. The minimum atomic E-state index is -1.77. The van der Waals surface area contributed by atoms with Crippen molar-refractivity contribution in [1.82, 2.24) is 0 Å². The van der Waals surface area contributed by atoms with Crippen LogP contribution in [0.25, 0.3) is 0 Å². The number of hydrogen-bond acceptors (Lipinski definition) is 0. The standard InChI is InChI=1S/C42H77Br9Si4/c43-18-4-27-52(28-5-19-44,29-6-20-45)36-13-39-55(42-16-2-1-3-17-42,40-14-37-53(30-7-21-46,31-8-22-47)32-9-23-48)41-15-38-54(33-10-24-49,34-11-25-50)35-12-26-51/h1-3,16-17H,4-15,18-41H2. The van der Waals surface area contributed by atoms with E-state index in [2.05, 4.69) is 174 Å². The highest BCUT2D eigenvalue weighted by Crippen LogP contribution is 2.41. The van der Waals surface area contributed by atoms with Crippen molar-refractivity contribution in [3.8, 4) is 0 Å². The molecule has 0 nitrogen and oxygen atoms in total. The van der Waals surface area contributed by atoms with Crippen LogP contribution in [0.2, 0.25) is 90.7 Å². The number of benzene rings is 1. The predicted molar refractivity (Wildman–Crippen MR) is 301 cm³/mol. The van der Waals surface area contributed by atoms with Crippen LogP contribution < -0.4 is 5.19 Å². The van der Waals surface area contributed by atoms with Crippen molar-refractivity contribution < 1.29 is 0 Å². The molecule has 0 bridgehead atoms. The molecule has 0 saturated carbocycles. The SMILES string of the molecule is BrCCC[Si](CCCBr)(CCCBr)CCC[Si](CCC[Si](CCCBr)(CCCBr)CCCBr)(CCC[Si](CCCBr)(CCCBr)CCCBr)c1ccccc1. The normalized spacial score (nSPS) is 12.9. The molecular formula is C42H77Br9Si4. The molecule has 0 aliphatic carbocycles. The van der Waals surface area contributed by atoms with E-state index in [1.165, 1.54) is 198 Å². The van der Waals surface area contributed by atoms with E-state index in [0.717, 1.165) is 0 Å². The molecule has 1 aromatic carbocycles. The van der Waals surface area contributed by atoms with Crippen LogP contribution in [0.15, 0.2) is 30.3 Å². The van der Waals surface area contributed by atoms with E-state index in [0.29, 0.717) is 0 Å². The summed E-state index contributed by atoms with van der Waals surface area (Å²) in [6.07, 6.45) is 16.8. The molecule has 0 aromatic heterocycles. The van der Waals surface area contributed by atoms with E-state index in [9.17, 15) is 0 Å². The molecule has 0 N–H and O–H groups in total. The van der Waals surface area contributed by atoms with Gasteiger partial charge in [-0.25, -0.2) is 0 Å². The van der Waals surface area contributed by atoms with E-state index in [-0.39, 0.29) is 0 Å². The van der Waals surface area contributed by atoms with Gasteiger partial charge in [-0.3, -0.25) is 0 Å². The van der Waals surface area contributed by atoms with Crippen molar-refractivity contribution in [2.45, 2.75) is 168 Å². The van der Waals surface area contributed by atoms with Crippen molar-refractivity contribution in [2.75, 3.05) is 48.0 Å². The summed E-state index contributed by atoms with van der Waals surface area (Å²) in [5, 5.41) is 12.3. The fraction of sp³-hybridized carbons (Fsp3) is 0.857. The summed E-state index contributed by atoms with van der Waals surface area (Å²) < 4.78 is 0. The first-order valence-electron chi connectivity index (χ1n) is 21.9. The molecule has 1 aromatic rings. The maximum Gasteiger partial charge on any atom is 0.0866 e. The second kappa shape index (κ2) is 36.7. The molecule has 0 aliphatic heterocycles. The summed E-state index contributed by atoms with van der Waals surface area (Å²) in [7, 11) is -5.82. The van der Waals surface area contributed by atoms with E-state index >= 15 is 0 Å². The van der Waals surface area contributed by atoms with Crippen LogP contribution in [0.5, 0.6) is 0 Å². The molecule has 1 rings (SSSR count). The Bertz CT molecular complexity index is 852. The molecule has 0 saturated heterocycles. The quantitative estimate of drug-likeness (QED) is 0.0454. The van der Waals surface area contributed by atoms with Gasteiger partial charge in [-0.2, -0.15) is 0 Å². The van der Waals surface area contributed by atoms with Crippen LogP contribution in [0.1, 0.15) is 77.0 Å². The number of hydrogen-bond donors (Lipinski definition) is 0. The molecular weight excluding hydrogens is 1340 g/mol. The molecule has 13 heteroatoms. The van der Waals surface area contributed by atoms with Crippen molar-refractivity contribution in [3.63, 3.8) is 0 Å². The highest BCUT2D eigenvalue weighted by atomic mass is 79.9. The Morgan fingerprint density at radius 3 is 0.655 bits per heavy atom. The molecule has 0 spiro atoms. The van der Waals surface area contributed by atoms with E-state index in [4.69, 9.17) is 0 Å². The zero-order chi connectivity index (χ0) is 40.6. The third-order valence-electron chi connectivity index (χ3n) is 13.0. The van der Waals surface area contributed by atoms with Crippen LogP contribution in [-0.2, 0) is 0 Å². The maximum atomic E-state index is 3.85. The average molecular weight is 1410 g/mol. The van der Waals surface area contributed by atoms with Gasteiger partial charge >= 0.3 is 0 Å². The molecule has 0 unspecified atom stereocenters. The molecule has 0 atom stereocenters. The highest BCUT2D eigenvalue weighted by Gasteiger charge is 2.40.